The Morgan fingerprint density at radius 1 is 1.14 bits per heavy atom. The molecule has 0 bridgehead atoms. The van der Waals surface area contributed by atoms with Crippen molar-refractivity contribution in [1.82, 2.24) is 9.55 Å². The van der Waals surface area contributed by atoms with E-state index in [1.807, 2.05) is 0 Å². The lowest BCUT2D eigenvalue weighted by molar-refractivity contribution is -0.0501. The molecule has 0 aliphatic rings. The summed E-state index contributed by atoms with van der Waals surface area (Å²) in [6.45, 7) is 0. The van der Waals surface area contributed by atoms with Crippen LogP contribution in [0.5, 0.6) is 5.88 Å². The summed E-state index contributed by atoms with van der Waals surface area (Å²) in [5.74, 6) is -0.954. The third-order valence-corrected chi connectivity index (χ3v) is 3.25. The van der Waals surface area contributed by atoms with E-state index in [4.69, 9.17) is 0 Å². The first-order chi connectivity index (χ1) is 9.71. The molecule has 1 heterocycles. The average Bonchev–Trinajstić information content (AvgIpc) is 2.38. The van der Waals surface area contributed by atoms with Crippen molar-refractivity contribution >= 4 is 10.1 Å². The van der Waals surface area contributed by atoms with Gasteiger partial charge < -0.3 is 4.18 Å². The molecule has 21 heavy (non-hydrogen) atoms. The first-order valence-electron chi connectivity index (χ1n) is 5.35. The maximum absolute atomic E-state index is 12.1. The van der Waals surface area contributed by atoms with Crippen LogP contribution >= 0.6 is 0 Å². The highest BCUT2D eigenvalue weighted by molar-refractivity contribution is 7.87. The quantitative estimate of drug-likeness (QED) is 0.632. The van der Waals surface area contributed by atoms with Gasteiger partial charge in [0.15, 0.2) is 0 Å². The van der Waals surface area contributed by atoms with Crippen LogP contribution in [0.25, 0.3) is 5.69 Å². The number of para-hydroxylation sites is 1. The summed E-state index contributed by atoms with van der Waals surface area (Å²) in [5.41, 5.74) is -5.97. The largest absolute Gasteiger partial charge is 0.534 e. The maximum Gasteiger partial charge on any atom is 0.534 e. The Balaban J connectivity index is 2.36. The van der Waals surface area contributed by atoms with Gasteiger partial charge in [-0.2, -0.15) is 21.6 Å². The molecule has 2 aromatic rings. The first-order valence-corrected chi connectivity index (χ1v) is 6.76. The number of hydrogen-bond donors (Lipinski definition) is 0. The van der Waals surface area contributed by atoms with E-state index >= 15 is 0 Å². The average molecular weight is 320 g/mol. The molecule has 2 rings (SSSR count). The molecule has 0 saturated carbocycles. The maximum atomic E-state index is 12.1. The number of alkyl halides is 3. The normalized spacial score (nSPS) is 12.1. The molecule has 10 heteroatoms. The van der Waals surface area contributed by atoms with Crippen LogP contribution in [0.4, 0.5) is 13.2 Å². The van der Waals surface area contributed by atoms with Crippen molar-refractivity contribution < 1.29 is 25.8 Å². The second kappa shape index (κ2) is 5.20. The number of rotatable bonds is 3. The van der Waals surface area contributed by atoms with E-state index in [0.717, 1.165) is 10.9 Å². The molecule has 0 atom stereocenters. The first kappa shape index (κ1) is 15.0. The number of aromatic nitrogens is 2. The molecule has 6 nitrogen and oxygen atoms in total. The fraction of sp³-hybridized carbons (Fsp3) is 0.0909. The number of nitrogens with zero attached hydrogens (tertiary/aromatic N) is 2. The SMILES string of the molecule is O=c1cc(OS(=O)(=O)C(F)(F)F)ncn1-c1ccccc1. The Morgan fingerprint density at radius 2 is 1.76 bits per heavy atom. The van der Waals surface area contributed by atoms with Crippen molar-refractivity contribution in [1.29, 1.82) is 0 Å². The van der Waals surface area contributed by atoms with Crippen LogP contribution in [0, 0.1) is 0 Å². The zero-order valence-electron chi connectivity index (χ0n) is 10.1. The van der Waals surface area contributed by atoms with Crippen molar-refractivity contribution in [3.8, 4) is 11.6 Å². The van der Waals surface area contributed by atoms with Gasteiger partial charge in [0.25, 0.3) is 5.56 Å². The Morgan fingerprint density at radius 3 is 2.29 bits per heavy atom. The minimum Gasteiger partial charge on any atom is -0.355 e. The summed E-state index contributed by atoms with van der Waals surface area (Å²) < 4.78 is 62.8. The summed E-state index contributed by atoms with van der Waals surface area (Å²) in [7, 11) is -5.86. The number of hydrogen-bond acceptors (Lipinski definition) is 5. The summed E-state index contributed by atoms with van der Waals surface area (Å²) in [5, 5.41) is 0. The Labute approximate surface area is 116 Å². The Kier molecular flexibility index (Phi) is 3.73. The fourth-order valence-electron chi connectivity index (χ4n) is 1.37. The standard InChI is InChI=1S/C11H7F3N2O4S/c12-11(13,14)21(18,19)20-9-6-10(17)16(7-15-9)8-4-2-1-3-5-8/h1-7H. The van der Waals surface area contributed by atoms with E-state index in [-0.39, 0.29) is 0 Å². The minimum absolute atomic E-state index is 0.417. The van der Waals surface area contributed by atoms with Crippen molar-refractivity contribution in [2.75, 3.05) is 0 Å². The van der Waals surface area contributed by atoms with Crippen LogP contribution in [-0.2, 0) is 10.1 Å². The molecular formula is C11H7F3N2O4S. The van der Waals surface area contributed by atoms with E-state index in [1.54, 1.807) is 30.3 Å². The zero-order valence-corrected chi connectivity index (χ0v) is 10.9. The molecule has 0 radical (unpaired) electrons. The molecule has 1 aromatic carbocycles. The van der Waals surface area contributed by atoms with Gasteiger partial charge in [0, 0.05) is 0 Å². The van der Waals surface area contributed by atoms with Crippen molar-refractivity contribution in [2.45, 2.75) is 5.51 Å². The molecule has 0 saturated heterocycles. The van der Waals surface area contributed by atoms with E-state index in [0.29, 0.717) is 11.8 Å². The molecule has 0 unspecified atom stereocenters. The number of halogens is 3. The summed E-state index contributed by atoms with van der Waals surface area (Å²) in [6, 6.07) is 8.67. The molecule has 0 spiro atoms. The van der Waals surface area contributed by atoms with Gasteiger partial charge in [-0.1, -0.05) is 18.2 Å². The summed E-state index contributed by atoms with van der Waals surface area (Å²) in [6.07, 6.45) is 0.874. The highest BCUT2D eigenvalue weighted by Gasteiger charge is 2.48. The van der Waals surface area contributed by atoms with E-state index < -0.39 is 27.1 Å². The van der Waals surface area contributed by atoms with Crippen molar-refractivity contribution in [3.05, 3.63) is 53.1 Å². The second-order valence-electron chi connectivity index (χ2n) is 3.75. The van der Waals surface area contributed by atoms with Gasteiger partial charge in [-0.25, -0.2) is 4.98 Å². The van der Waals surface area contributed by atoms with Crippen molar-refractivity contribution in [3.63, 3.8) is 0 Å². The van der Waals surface area contributed by atoms with Gasteiger partial charge in [-0.3, -0.25) is 9.36 Å². The molecule has 112 valence electrons. The van der Waals surface area contributed by atoms with Crippen LogP contribution in [-0.4, -0.2) is 23.5 Å². The molecule has 0 amide bonds. The van der Waals surface area contributed by atoms with Crippen LogP contribution in [0.15, 0.2) is 47.5 Å². The van der Waals surface area contributed by atoms with Gasteiger partial charge in [-0.05, 0) is 12.1 Å². The summed E-state index contributed by atoms with van der Waals surface area (Å²) in [4.78, 5) is 15.1. The topological polar surface area (TPSA) is 78.3 Å². The second-order valence-corrected chi connectivity index (χ2v) is 5.29. The fourth-order valence-corrected chi connectivity index (χ4v) is 1.78. The molecule has 0 N–H and O–H groups in total. The highest BCUT2D eigenvalue weighted by Crippen LogP contribution is 2.25. The van der Waals surface area contributed by atoms with E-state index in [9.17, 15) is 26.4 Å². The van der Waals surface area contributed by atoms with E-state index in [1.165, 1.54) is 0 Å². The zero-order chi connectivity index (χ0) is 15.7. The number of benzene rings is 1. The molecular weight excluding hydrogens is 313 g/mol. The monoisotopic (exact) mass is 320 g/mol. The predicted octanol–water partition coefficient (Wildman–Crippen LogP) is 1.46. The molecule has 1 aromatic heterocycles. The van der Waals surface area contributed by atoms with E-state index in [2.05, 4.69) is 9.17 Å². The van der Waals surface area contributed by atoms with Gasteiger partial charge in [0.2, 0.25) is 5.88 Å². The highest BCUT2D eigenvalue weighted by atomic mass is 32.2. The van der Waals surface area contributed by atoms with Crippen LogP contribution in [0.2, 0.25) is 0 Å². The van der Waals surface area contributed by atoms with Crippen LogP contribution in [0.3, 0.4) is 0 Å². The lowest BCUT2D eigenvalue weighted by atomic mass is 10.3. The summed E-state index contributed by atoms with van der Waals surface area (Å²) >= 11 is 0. The lowest BCUT2D eigenvalue weighted by Crippen LogP contribution is -2.29. The third-order valence-electron chi connectivity index (χ3n) is 2.30. The Bertz CT molecular complexity index is 800. The molecule has 0 aliphatic heterocycles. The van der Waals surface area contributed by atoms with Gasteiger partial charge in [0.1, 0.15) is 6.33 Å². The van der Waals surface area contributed by atoms with Gasteiger partial charge in [0.05, 0.1) is 11.8 Å². The van der Waals surface area contributed by atoms with Crippen LogP contribution < -0.4 is 9.74 Å². The van der Waals surface area contributed by atoms with Gasteiger partial charge >= 0.3 is 15.6 Å². The lowest BCUT2D eigenvalue weighted by Gasteiger charge is -2.09. The third kappa shape index (κ3) is 3.21. The smallest absolute Gasteiger partial charge is 0.355 e. The predicted molar refractivity (Wildman–Crippen MR) is 65.4 cm³/mol. The minimum atomic E-state index is -5.86. The van der Waals surface area contributed by atoms with Crippen LogP contribution in [0.1, 0.15) is 0 Å². The van der Waals surface area contributed by atoms with Gasteiger partial charge in [-0.15, -0.1) is 0 Å². The molecule has 0 aliphatic carbocycles. The molecule has 0 fully saturated rings. The van der Waals surface area contributed by atoms with Crippen molar-refractivity contribution in [2.24, 2.45) is 0 Å². The Hall–Kier alpha value is -2.36.